The number of aromatic nitrogens is 1. The van der Waals surface area contributed by atoms with Crippen LogP contribution in [0, 0.1) is 5.92 Å². The van der Waals surface area contributed by atoms with Gasteiger partial charge in [0.15, 0.2) is 23.9 Å². The molecule has 1 aromatic heterocycles. The number of anilines is 1. The Kier molecular flexibility index (Phi) is 9.14. The third-order valence-corrected chi connectivity index (χ3v) is 8.64. The molecular weight excluding hydrogens is 554 g/mol. The molecule has 5 rings (SSSR count). The molecule has 230 valence electrons. The lowest BCUT2D eigenvalue weighted by atomic mass is 9.84. The van der Waals surface area contributed by atoms with E-state index in [9.17, 15) is 24.3 Å². The van der Waals surface area contributed by atoms with Gasteiger partial charge in [0, 0.05) is 57.7 Å². The number of aliphatic carboxylic acids is 1. The van der Waals surface area contributed by atoms with Crippen LogP contribution in [0.5, 0.6) is 11.5 Å². The van der Waals surface area contributed by atoms with Gasteiger partial charge < -0.3 is 24.4 Å². The van der Waals surface area contributed by atoms with Gasteiger partial charge in [-0.3, -0.25) is 24.2 Å². The maximum Gasteiger partial charge on any atom is 0.326 e. The summed E-state index contributed by atoms with van der Waals surface area (Å²) >= 11 is 0. The van der Waals surface area contributed by atoms with Crippen LogP contribution in [-0.4, -0.2) is 96.2 Å². The summed E-state index contributed by atoms with van der Waals surface area (Å²) in [6.07, 6.45) is 5.97. The minimum atomic E-state index is -0.992. The van der Waals surface area contributed by atoms with E-state index in [1.165, 1.54) is 9.80 Å². The molecule has 0 spiro atoms. The Labute approximate surface area is 251 Å². The second kappa shape index (κ2) is 13.0. The first kappa shape index (κ1) is 30.3. The SMILES string of the molecule is CCCCN(C(=O)CN1C[C@H](c2ccc3c(c2)OCO3)[C@@H](C(=O)O)[C@@H]1CCN1C(=O)CCN(C)C1=O)c1ccc[n+](C)c1. The molecule has 0 radical (unpaired) electrons. The maximum absolute atomic E-state index is 14.0. The van der Waals surface area contributed by atoms with E-state index < -0.39 is 29.9 Å². The summed E-state index contributed by atoms with van der Waals surface area (Å²) in [5.74, 6) is -1.56. The van der Waals surface area contributed by atoms with Crippen molar-refractivity contribution in [3.8, 4) is 11.5 Å². The molecule has 3 aliphatic rings. The Bertz CT molecular complexity index is 1380. The lowest BCUT2D eigenvalue weighted by molar-refractivity contribution is -0.670. The Morgan fingerprint density at radius 1 is 1.16 bits per heavy atom. The summed E-state index contributed by atoms with van der Waals surface area (Å²) < 4.78 is 12.9. The second-order valence-electron chi connectivity index (χ2n) is 11.5. The number of aryl methyl sites for hydroxylation is 1. The number of nitrogens with zero attached hydrogens (tertiary/aromatic N) is 5. The highest BCUT2D eigenvalue weighted by atomic mass is 16.7. The Morgan fingerprint density at radius 3 is 2.70 bits per heavy atom. The molecule has 2 saturated heterocycles. The molecule has 4 amide bonds. The molecule has 0 aliphatic carbocycles. The number of carboxylic acids is 1. The minimum Gasteiger partial charge on any atom is -0.481 e. The van der Waals surface area contributed by atoms with Crippen molar-refractivity contribution >= 4 is 29.5 Å². The number of ether oxygens (including phenoxy) is 2. The number of hydrogen-bond donors (Lipinski definition) is 1. The van der Waals surface area contributed by atoms with Crippen LogP contribution in [-0.2, 0) is 21.4 Å². The van der Waals surface area contributed by atoms with Gasteiger partial charge in [-0.25, -0.2) is 9.36 Å². The van der Waals surface area contributed by atoms with Gasteiger partial charge in [0.1, 0.15) is 12.7 Å². The zero-order valence-corrected chi connectivity index (χ0v) is 25.0. The third-order valence-electron chi connectivity index (χ3n) is 8.64. The van der Waals surface area contributed by atoms with E-state index in [2.05, 4.69) is 6.92 Å². The number of carbonyl (C=O) groups excluding carboxylic acids is 3. The first-order chi connectivity index (χ1) is 20.7. The molecular formula is C31H40N5O7+. The van der Waals surface area contributed by atoms with Crippen LogP contribution in [0.4, 0.5) is 10.5 Å². The number of pyridine rings is 1. The highest BCUT2D eigenvalue weighted by molar-refractivity contribution is 5.96. The zero-order valence-electron chi connectivity index (χ0n) is 25.0. The molecule has 1 aromatic carbocycles. The average molecular weight is 595 g/mol. The number of hydrogen-bond acceptors (Lipinski definition) is 7. The van der Waals surface area contributed by atoms with Crippen LogP contribution in [0.1, 0.15) is 44.1 Å². The smallest absolute Gasteiger partial charge is 0.326 e. The normalized spacial score (nSPS) is 21.9. The van der Waals surface area contributed by atoms with Gasteiger partial charge in [-0.2, -0.15) is 0 Å². The van der Waals surface area contributed by atoms with Crippen molar-refractivity contribution < 1.29 is 38.3 Å². The Hall–Kier alpha value is -4.19. The minimum absolute atomic E-state index is 0.000380. The number of unbranched alkanes of at least 4 members (excludes halogenated alkanes) is 1. The molecule has 2 fully saturated rings. The standard InChI is InChI=1S/C31H39N5O7/c1-4-5-13-35(22-7-6-12-32(2)17-22)28(38)19-34-18-23(21-8-9-25-26(16-21)43-20-42-25)29(30(39)40)24(34)10-15-36-27(37)11-14-33(3)31(36)41/h6-9,12,16-17,23-24,29H,4-5,10-11,13-15,18-20H2,1-3H3/p+1/t23-,24+,29-/m1/s1. The lowest BCUT2D eigenvalue weighted by Gasteiger charge is -2.34. The Morgan fingerprint density at radius 2 is 1.95 bits per heavy atom. The second-order valence-corrected chi connectivity index (χ2v) is 11.5. The monoisotopic (exact) mass is 594 g/mol. The van der Waals surface area contributed by atoms with Crippen molar-refractivity contribution in [2.24, 2.45) is 13.0 Å². The van der Waals surface area contributed by atoms with Gasteiger partial charge in [0.25, 0.3) is 0 Å². The number of carbonyl (C=O) groups is 4. The zero-order chi connectivity index (χ0) is 30.7. The van der Waals surface area contributed by atoms with Crippen molar-refractivity contribution in [3.05, 3.63) is 48.3 Å². The summed E-state index contributed by atoms with van der Waals surface area (Å²) in [5.41, 5.74) is 1.55. The summed E-state index contributed by atoms with van der Waals surface area (Å²) in [4.78, 5) is 58.7. The summed E-state index contributed by atoms with van der Waals surface area (Å²) in [5, 5.41) is 10.5. The maximum atomic E-state index is 14.0. The van der Waals surface area contributed by atoms with Crippen molar-refractivity contribution in [2.45, 2.75) is 44.6 Å². The predicted octanol–water partition coefficient (Wildman–Crippen LogP) is 2.22. The largest absolute Gasteiger partial charge is 0.481 e. The average Bonchev–Trinajstić information content (AvgIpc) is 3.59. The van der Waals surface area contributed by atoms with E-state index in [1.807, 2.05) is 53.2 Å². The first-order valence-corrected chi connectivity index (χ1v) is 14.9. The van der Waals surface area contributed by atoms with Gasteiger partial charge in [-0.1, -0.05) is 19.4 Å². The van der Waals surface area contributed by atoms with Crippen molar-refractivity contribution in [1.29, 1.82) is 0 Å². The van der Waals surface area contributed by atoms with Crippen LogP contribution >= 0.6 is 0 Å². The van der Waals surface area contributed by atoms with Crippen molar-refractivity contribution in [1.82, 2.24) is 14.7 Å². The number of carboxylic acid groups (broad SMARTS) is 1. The number of amides is 4. The Balaban J connectivity index is 1.44. The fourth-order valence-corrected chi connectivity index (χ4v) is 6.33. The number of imide groups is 1. The van der Waals surface area contributed by atoms with E-state index in [0.29, 0.717) is 31.1 Å². The first-order valence-electron chi connectivity index (χ1n) is 14.9. The highest BCUT2D eigenvalue weighted by Crippen LogP contribution is 2.43. The van der Waals surface area contributed by atoms with Crippen molar-refractivity contribution in [3.63, 3.8) is 0 Å². The molecule has 0 saturated carbocycles. The molecule has 0 unspecified atom stereocenters. The van der Waals surface area contributed by atoms with E-state index in [-0.39, 0.29) is 44.5 Å². The molecule has 3 atom stereocenters. The predicted molar refractivity (Wildman–Crippen MR) is 156 cm³/mol. The molecule has 43 heavy (non-hydrogen) atoms. The van der Waals surface area contributed by atoms with Gasteiger partial charge >= 0.3 is 12.0 Å². The van der Waals surface area contributed by atoms with Crippen molar-refractivity contribution in [2.75, 3.05) is 51.5 Å². The van der Waals surface area contributed by atoms with E-state index in [0.717, 1.165) is 24.1 Å². The number of benzene rings is 1. The highest BCUT2D eigenvalue weighted by Gasteiger charge is 2.48. The fourth-order valence-electron chi connectivity index (χ4n) is 6.33. The molecule has 3 aliphatic heterocycles. The van der Waals surface area contributed by atoms with Gasteiger partial charge in [-0.05, 0) is 36.6 Å². The van der Waals surface area contributed by atoms with Crippen LogP contribution in [0.25, 0.3) is 0 Å². The number of rotatable bonds is 11. The van der Waals surface area contributed by atoms with Crippen LogP contribution in [0.2, 0.25) is 0 Å². The topological polar surface area (TPSA) is 124 Å². The number of fused-ring (bicyclic) bond motifs is 1. The van der Waals surface area contributed by atoms with Gasteiger partial charge in [0.05, 0.1) is 12.5 Å². The molecule has 12 heteroatoms. The quantitative estimate of drug-likeness (QED) is 0.393. The lowest BCUT2D eigenvalue weighted by Crippen LogP contribution is -2.52. The molecule has 0 bridgehead atoms. The van der Waals surface area contributed by atoms with Crippen LogP contribution in [0.15, 0.2) is 42.7 Å². The summed E-state index contributed by atoms with van der Waals surface area (Å²) in [6.45, 7) is 3.45. The molecule has 1 N–H and O–H groups in total. The number of likely N-dealkylation sites (tertiary alicyclic amines) is 1. The molecule has 4 heterocycles. The molecule has 2 aromatic rings. The van der Waals surface area contributed by atoms with E-state index in [4.69, 9.17) is 9.47 Å². The molecule has 12 nitrogen and oxygen atoms in total. The third kappa shape index (κ3) is 6.43. The van der Waals surface area contributed by atoms with E-state index >= 15 is 0 Å². The summed E-state index contributed by atoms with van der Waals surface area (Å²) in [6, 6.07) is 8.25. The van der Waals surface area contributed by atoms with Crippen LogP contribution in [0.3, 0.4) is 0 Å². The number of urea groups is 1. The van der Waals surface area contributed by atoms with E-state index in [1.54, 1.807) is 18.0 Å². The van der Waals surface area contributed by atoms with Gasteiger partial charge in [-0.15, -0.1) is 0 Å². The fraction of sp³-hybridized carbons (Fsp3) is 0.516. The van der Waals surface area contributed by atoms with Crippen LogP contribution < -0.4 is 18.9 Å². The van der Waals surface area contributed by atoms with Gasteiger partial charge in [0.2, 0.25) is 18.6 Å². The summed E-state index contributed by atoms with van der Waals surface area (Å²) in [7, 11) is 3.54.